The zero-order valence-electron chi connectivity index (χ0n) is 13.3. The first-order valence-corrected chi connectivity index (χ1v) is 9.06. The van der Waals surface area contributed by atoms with Gasteiger partial charge in [0.05, 0.1) is 0 Å². The lowest BCUT2D eigenvalue weighted by atomic mass is 10.0. The second-order valence-corrected chi connectivity index (χ2v) is 7.13. The highest BCUT2D eigenvalue weighted by Crippen LogP contribution is 2.28. The predicted octanol–water partition coefficient (Wildman–Crippen LogP) is 2.32. The Hall–Kier alpha value is -0.120. The van der Waals surface area contributed by atoms with Crippen LogP contribution < -0.4 is 5.32 Å². The van der Waals surface area contributed by atoms with Crippen molar-refractivity contribution in [3.05, 3.63) is 0 Å². The van der Waals surface area contributed by atoms with E-state index in [0.29, 0.717) is 0 Å². The van der Waals surface area contributed by atoms with Gasteiger partial charge in [-0.25, -0.2) is 0 Å². The van der Waals surface area contributed by atoms with E-state index in [1.807, 2.05) is 0 Å². The van der Waals surface area contributed by atoms with E-state index >= 15 is 0 Å². The summed E-state index contributed by atoms with van der Waals surface area (Å²) in [7, 11) is 0. The molecule has 20 heavy (non-hydrogen) atoms. The molecule has 2 saturated carbocycles. The molecule has 0 aromatic carbocycles. The van der Waals surface area contributed by atoms with Gasteiger partial charge in [-0.15, -0.1) is 0 Å². The van der Waals surface area contributed by atoms with Crippen molar-refractivity contribution in [1.82, 2.24) is 15.1 Å². The van der Waals surface area contributed by atoms with Crippen LogP contribution in [-0.2, 0) is 0 Å². The number of rotatable bonds is 5. The van der Waals surface area contributed by atoms with E-state index in [2.05, 4.69) is 22.0 Å². The standard InChI is InChI=1S/C17H33N3/c1-2-18-17-9-5-6-15(17)14-19-10-12-20(13-11-19)16-7-3-4-8-16/h15-18H,2-14H2,1H3. The van der Waals surface area contributed by atoms with Gasteiger partial charge in [-0.05, 0) is 38.1 Å². The van der Waals surface area contributed by atoms with Crippen LogP contribution in [-0.4, -0.2) is 61.2 Å². The third kappa shape index (κ3) is 3.55. The maximum Gasteiger partial charge on any atom is 0.0113 e. The molecule has 116 valence electrons. The van der Waals surface area contributed by atoms with E-state index in [0.717, 1.165) is 24.5 Å². The van der Waals surface area contributed by atoms with Gasteiger partial charge in [0.2, 0.25) is 0 Å². The molecule has 1 saturated heterocycles. The monoisotopic (exact) mass is 279 g/mol. The molecule has 0 amide bonds. The molecule has 1 heterocycles. The molecule has 1 aliphatic heterocycles. The number of nitrogens with zero attached hydrogens (tertiary/aromatic N) is 2. The SMILES string of the molecule is CCNC1CCCC1CN1CCN(C2CCCC2)CC1. The zero-order chi connectivity index (χ0) is 13.8. The van der Waals surface area contributed by atoms with E-state index in [1.165, 1.54) is 77.7 Å². The Morgan fingerprint density at radius 1 is 0.900 bits per heavy atom. The van der Waals surface area contributed by atoms with Crippen molar-refractivity contribution in [2.45, 2.75) is 64.0 Å². The van der Waals surface area contributed by atoms with Crippen molar-refractivity contribution in [3.63, 3.8) is 0 Å². The van der Waals surface area contributed by atoms with Crippen LogP contribution in [0.3, 0.4) is 0 Å². The first-order valence-electron chi connectivity index (χ1n) is 9.06. The van der Waals surface area contributed by atoms with E-state index in [4.69, 9.17) is 0 Å². The van der Waals surface area contributed by atoms with Crippen LogP contribution in [0.2, 0.25) is 0 Å². The molecular weight excluding hydrogens is 246 g/mol. The molecule has 3 aliphatic rings. The van der Waals surface area contributed by atoms with E-state index < -0.39 is 0 Å². The molecule has 2 aliphatic carbocycles. The summed E-state index contributed by atoms with van der Waals surface area (Å²) < 4.78 is 0. The van der Waals surface area contributed by atoms with Gasteiger partial charge in [-0.2, -0.15) is 0 Å². The van der Waals surface area contributed by atoms with E-state index in [1.54, 1.807) is 0 Å². The number of piperazine rings is 1. The van der Waals surface area contributed by atoms with Crippen molar-refractivity contribution in [1.29, 1.82) is 0 Å². The molecule has 0 spiro atoms. The fourth-order valence-electron chi connectivity index (χ4n) is 4.70. The Morgan fingerprint density at radius 3 is 2.35 bits per heavy atom. The van der Waals surface area contributed by atoms with Crippen LogP contribution in [0.5, 0.6) is 0 Å². The van der Waals surface area contributed by atoms with Gasteiger partial charge in [0.15, 0.2) is 0 Å². The lowest BCUT2D eigenvalue weighted by molar-refractivity contribution is 0.0850. The fourth-order valence-corrected chi connectivity index (χ4v) is 4.70. The Bertz CT molecular complexity index is 280. The summed E-state index contributed by atoms with van der Waals surface area (Å²) in [6.07, 6.45) is 10.1. The lowest BCUT2D eigenvalue weighted by Gasteiger charge is -2.39. The number of nitrogens with one attached hydrogen (secondary N) is 1. The summed E-state index contributed by atoms with van der Waals surface area (Å²) in [5.41, 5.74) is 0. The van der Waals surface area contributed by atoms with Gasteiger partial charge in [0.1, 0.15) is 0 Å². The lowest BCUT2D eigenvalue weighted by Crippen LogP contribution is -2.51. The molecule has 3 fully saturated rings. The van der Waals surface area contributed by atoms with Crippen LogP contribution in [0.15, 0.2) is 0 Å². The highest BCUT2D eigenvalue weighted by atomic mass is 15.3. The number of hydrogen-bond acceptors (Lipinski definition) is 3. The van der Waals surface area contributed by atoms with Crippen LogP contribution in [0.25, 0.3) is 0 Å². The summed E-state index contributed by atoms with van der Waals surface area (Å²) in [6.45, 7) is 9.99. The summed E-state index contributed by atoms with van der Waals surface area (Å²) in [5, 5.41) is 3.70. The second-order valence-electron chi connectivity index (χ2n) is 7.13. The van der Waals surface area contributed by atoms with Gasteiger partial charge in [-0.1, -0.05) is 26.2 Å². The van der Waals surface area contributed by atoms with Gasteiger partial charge < -0.3 is 10.2 Å². The van der Waals surface area contributed by atoms with Crippen molar-refractivity contribution in [2.75, 3.05) is 39.3 Å². The maximum atomic E-state index is 3.70. The van der Waals surface area contributed by atoms with E-state index in [-0.39, 0.29) is 0 Å². The third-order valence-electron chi connectivity index (χ3n) is 5.87. The molecule has 2 atom stereocenters. The van der Waals surface area contributed by atoms with Crippen LogP contribution in [0.1, 0.15) is 51.9 Å². The Kier molecular flexibility index (Phi) is 5.36. The fraction of sp³-hybridized carbons (Fsp3) is 1.00. The van der Waals surface area contributed by atoms with Crippen LogP contribution in [0.4, 0.5) is 0 Å². The molecule has 0 radical (unpaired) electrons. The molecule has 0 aromatic rings. The smallest absolute Gasteiger partial charge is 0.0113 e. The molecule has 0 aromatic heterocycles. The minimum absolute atomic E-state index is 0.799. The maximum absolute atomic E-state index is 3.70. The van der Waals surface area contributed by atoms with Crippen molar-refractivity contribution < 1.29 is 0 Å². The first-order chi connectivity index (χ1) is 9.86. The van der Waals surface area contributed by atoms with E-state index in [9.17, 15) is 0 Å². The summed E-state index contributed by atoms with van der Waals surface area (Å²) in [6, 6.07) is 1.73. The van der Waals surface area contributed by atoms with Gasteiger partial charge in [0, 0.05) is 44.8 Å². The van der Waals surface area contributed by atoms with Gasteiger partial charge in [0.25, 0.3) is 0 Å². The Balaban J connectivity index is 1.41. The van der Waals surface area contributed by atoms with Crippen molar-refractivity contribution in [3.8, 4) is 0 Å². The average molecular weight is 279 g/mol. The molecular formula is C17H33N3. The van der Waals surface area contributed by atoms with Crippen molar-refractivity contribution >= 4 is 0 Å². The molecule has 3 heteroatoms. The van der Waals surface area contributed by atoms with Gasteiger partial charge in [-0.3, -0.25) is 4.90 Å². The second kappa shape index (κ2) is 7.24. The van der Waals surface area contributed by atoms with Gasteiger partial charge >= 0.3 is 0 Å². The average Bonchev–Trinajstić information content (AvgIpc) is 3.13. The molecule has 0 bridgehead atoms. The summed E-state index contributed by atoms with van der Waals surface area (Å²) >= 11 is 0. The normalized spacial score (nSPS) is 34.0. The zero-order valence-corrected chi connectivity index (χ0v) is 13.3. The third-order valence-corrected chi connectivity index (χ3v) is 5.87. The highest BCUT2D eigenvalue weighted by molar-refractivity contribution is 4.87. The first kappa shape index (κ1) is 14.8. The summed E-state index contributed by atoms with van der Waals surface area (Å²) in [4.78, 5) is 5.52. The largest absolute Gasteiger partial charge is 0.314 e. The molecule has 3 nitrogen and oxygen atoms in total. The number of hydrogen-bond donors (Lipinski definition) is 1. The Labute approximate surface area is 125 Å². The molecule has 2 unspecified atom stereocenters. The van der Waals surface area contributed by atoms with Crippen LogP contribution in [0, 0.1) is 5.92 Å². The molecule has 1 N–H and O–H groups in total. The minimum atomic E-state index is 0.799. The highest BCUT2D eigenvalue weighted by Gasteiger charge is 2.31. The minimum Gasteiger partial charge on any atom is -0.314 e. The molecule has 3 rings (SSSR count). The van der Waals surface area contributed by atoms with Crippen molar-refractivity contribution in [2.24, 2.45) is 5.92 Å². The summed E-state index contributed by atoms with van der Waals surface area (Å²) in [5.74, 6) is 0.910. The topological polar surface area (TPSA) is 18.5 Å². The van der Waals surface area contributed by atoms with Crippen LogP contribution >= 0.6 is 0 Å². The quantitative estimate of drug-likeness (QED) is 0.833. The Morgan fingerprint density at radius 2 is 1.65 bits per heavy atom. The predicted molar refractivity (Wildman–Crippen MR) is 85.1 cm³/mol.